The summed E-state index contributed by atoms with van der Waals surface area (Å²) in [5.74, 6) is 0.959. The Morgan fingerprint density at radius 3 is 2.54 bits per heavy atom. The van der Waals surface area contributed by atoms with Crippen LogP contribution in [0.15, 0.2) is 19.8 Å². The Hall–Kier alpha value is -2.31. The molecular formula is C15H18N4O4S. The molecule has 1 fully saturated rings. The predicted molar refractivity (Wildman–Crippen MR) is 86.0 cm³/mol. The maximum atomic E-state index is 12.3. The van der Waals surface area contributed by atoms with E-state index in [2.05, 4.69) is 4.98 Å². The van der Waals surface area contributed by atoms with E-state index in [9.17, 15) is 13.7 Å². The molecule has 2 aromatic heterocycles. The number of hydrogen-bond donors (Lipinski definition) is 0. The fourth-order valence-corrected chi connectivity index (χ4v) is 3.70. The lowest BCUT2D eigenvalue weighted by Crippen LogP contribution is -2.22. The number of furan rings is 1. The van der Waals surface area contributed by atoms with Crippen molar-refractivity contribution >= 4 is 15.9 Å². The maximum Gasteiger partial charge on any atom is 0.266 e. The van der Waals surface area contributed by atoms with Gasteiger partial charge in [0.25, 0.3) is 5.89 Å². The largest absolute Gasteiger partial charge is 0.455 e. The number of aryl methyl sites for hydroxylation is 1. The molecule has 2 aromatic rings. The van der Waals surface area contributed by atoms with Gasteiger partial charge in [-0.1, -0.05) is 0 Å². The van der Waals surface area contributed by atoms with Gasteiger partial charge in [0.15, 0.2) is 5.76 Å². The molecule has 0 amide bonds. The summed E-state index contributed by atoms with van der Waals surface area (Å²) in [7, 11) is -0.724. The van der Waals surface area contributed by atoms with Gasteiger partial charge in [-0.3, -0.25) is 0 Å². The normalized spacial score (nSPS) is 15.2. The molecule has 8 nitrogen and oxygen atoms in total. The molecule has 0 aromatic carbocycles. The number of nitriles is 1. The molecule has 0 bridgehead atoms. The second-order valence-electron chi connectivity index (χ2n) is 5.80. The molecule has 24 heavy (non-hydrogen) atoms. The van der Waals surface area contributed by atoms with E-state index < -0.39 is 10.0 Å². The molecule has 0 radical (unpaired) electrons. The number of rotatable bonds is 4. The summed E-state index contributed by atoms with van der Waals surface area (Å²) in [5, 5.41) is 9.27. The van der Waals surface area contributed by atoms with E-state index in [1.54, 1.807) is 6.92 Å². The minimum absolute atomic E-state index is 0.0573. The summed E-state index contributed by atoms with van der Waals surface area (Å²) in [5.41, 5.74) is 0.179. The number of hydrogen-bond acceptors (Lipinski definition) is 7. The van der Waals surface area contributed by atoms with Gasteiger partial charge < -0.3 is 13.7 Å². The van der Waals surface area contributed by atoms with Gasteiger partial charge in [0.1, 0.15) is 16.7 Å². The SMILES string of the molecule is Cc1oc(-c2nc(C#N)c(N3CCCC3)o2)cc1S(=O)(=O)N(C)C. The number of anilines is 1. The fourth-order valence-electron chi connectivity index (χ4n) is 2.65. The summed E-state index contributed by atoms with van der Waals surface area (Å²) in [6.07, 6.45) is 2.07. The summed E-state index contributed by atoms with van der Waals surface area (Å²) in [6, 6.07) is 3.40. The van der Waals surface area contributed by atoms with E-state index in [0.29, 0.717) is 5.88 Å². The molecule has 1 aliphatic heterocycles. The lowest BCUT2D eigenvalue weighted by Gasteiger charge is -2.12. The van der Waals surface area contributed by atoms with Gasteiger partial charge in [0.05, 0.1) is 0 Å². The van der Waals surface area contributed by atoms with Crippen LogP contribution in [0.1, 0.15) is 24.3 Å². The first-order chi connectivity index (χ1) is 11.3. The van der Waals surface area contributed by atoms with Crippen LogP contribution < -0.4 is 4.90 Å². The third-order valence-corrected chi connectivity index (χ3v) is 5.87. The van der Waals surface area contributed by atoms with Crippen molar-refractivity contribution in [3.63, 3.8) is 0 Å². The number of oxazole rings is 1. The topological polar surface area (TPSA) is 104 Å². The molecule has 128 valence electrons. The van der Waals surface area contributed by atoms with E-state index in [1.807, 2.05) is 11.0 Å². The maximum absolute atomic E-state index is 12.3. The van der Waals surface area contributed by atoms with Crippen LogP contribution in [0.2, 0.25) is 0 Å². The van der Waals surface area contributed by atoms with Crippen molar-refractivity contribution in [2.45, 2.75) is 24.7 Å². The first-order valence-corrected chi connectivity index (χ1v) is 8.98. The molecule has 0 unspecified atom stereocenters. The fraction of sp³-hybridized carbons (Fsp3) is 0.467. The van der Waals surface area contributed by atoms with Crippen molar-refractivity contribution in [1.29, 1.82) is 5.26 Å². The molecule has 9 heteroatoms. The standard InChI is InChI=1S/C15H18N4O4S/c1-10-13(24(20,21)18(2)3)8-12(22-10)14-17-11(9-16)15(23-14)19-6-4-5-7-19/h8H,4-7H2,1-3H3. The van der Waals surface area contributed by atoms with Gasteiger partial charge >= 0.3 is 0 Å². The van der Waals surface area contributed by atoms with E-state index in [0.717, 1.165) is 30.2 Å². The smallest absolute Gasteiger partial charge is 0.266 e. The highest BCUT2D eigenvalue weighted by Crippen LogP contribution is 2.33. The van der Waals surface area contributed by atoms with Crippen LogP contribution in [0.3, 0.4) is 0 Å². The molecule has 3 heterocycles. The average molecular weight is 350 g/mol. The summed E-state index contributed by atoms with van der Waals surface area (Å²) in [6.45, 7) is 3.18. The van der Waals surface area contributed by atoms with Crippen LogP contribution in [-0.4, -0.2) is 44.9 Å². The Morgan fingerprint density at radius 2 is 1.96 bits per heavy atom. The van der Waals surface area contributed by atoms with Crippen LogP contribution in [0, 0.1) is 18.3 Å². The molecule has 0 saturated carbocycles. The summed E-state index contributed by atoms with van der Waals surface area (Å²) >= 11 is 0. The third kappa shape index (κ3) is 2.68. The Balaban J connectivity index is 2.03. The van der Waals surface area contributed by atoms with Crippen molar-refractivity contribution in [1.82, 2.24) is 9.29 Å². The Morgan fingerprint density at radius 1 is 1.29 bits per heavy atom. The van der Waals surface area contributed by atoms with Crippen molar-refractivity contribution in [3.8, 4) is 17.7 Å². The monoisotopic (exact) mass is 350 g/mol. The molecule has 0 atom stereocenters. The van der Waals surface area contributed by atoms with E-state index in [-0.39, 0.29) is 28.0 Å². The average Bonchev–Trinajstić information content (AvgIpc) is 3.25. The van der Waals surface area contributed by atoms with Crippen LogP contribution >= 0.6 is 0 Å². The van der Waals surface area contributed by atoms with Crippen LogP contribution in [0.5, 0.6) is 0 Å². The molecule has 1 saturated heterocycles. The minimum atomic E-state index is -3.62. The second kappa shape index (κ2) is 5.96. The van der Waals surface area contributed by atoms with Gasteiger partial charge in [0.2, 0.25) is 21.6 Å². The zero-order valence-electron chi connectivity index (χ0n) is 13.7. The van der Waals surface area contributed by atoms with Crippen LogP contribution in [-0.2, 0) is 10.0 Å². The quantitative estimate of drug-likeness (QED) is 0.830. The van der Waals surface area contributed by atoms with Gasteiger partial charge in [-0.05, 0) is 19.8 Å². The van der Waals surface area contributed by atoms with Crippen molar-refractivity contribution < 1.29 is 17.3 Å². The number of aromatic nitrogens is 1. The highest BCUT2D eigenvalue weighted by atomic mass is 32.2. The lowest BCUT2D eigenvalue weighted by molar-refractivity contribution is 0.489. The Labute approximate surface area is 140 Å². The Bertz CT molecular complexity index is 899. The highest BCUT2D eigenvalue weighted by Gasteiger charge is 2.28. The van der Waals surface area contributed by atoms with E-state index in [4.69, 9.17) is 8.83 Å². The number of nitrogens with zero attached hydrogens (tertiary/aromatic N) is 4. The molecule has 0 aliphatic carbocycles. The summed E-state index contributed by atoms with van der Waals surface area (Å²) < 4.78 is 36.9. The zero-order chi connectivity index (χ0) is 17.5. The van der Waals surface area contributed by atoms with E-state index in [1.165, 1.54) is 20.2 Å². The van der Waals surface area contributed by atoms with Crippen LogP contribution in [0.4, 0.5) is 5.88 Å². The van der Waals surface area contributed by atoms with Crippen molar-refractivity contribution in [3.05, 3.63) is 17.5 Å². The first kappa shape index (κ1) is 16.5. The third-order valence-electron chi connectivity index (χ3n) is 3.95. The molecular weight excluding hydrogens is 332 g/mol. The second-order valence-corrected chi connectivity index (χ2v) is 7.92. The van der Waals surface area contributed by atoms with Gasteiger partial charge in [-0.25, -0.2) is 12.7 Å². The highest BCUT2D eigenvalue weighted by molar-refractivity contribution is 7.89. The molecule has 0 N–H and O–H groups in total. The summed E-state index contributed by atoms with van der Waals surface area (Å²) in [4.78, 5) is 6.17. The molecule has 1 aliphatic rings. The van der Waals surface area contributed by atoms with Gasteiger partial charge in [-0.15, -0.1) is 0 Å². The van der Waals surface area contributed by atoms with E-state index >= 15 is 0 Å². The first-order valence-electron chi connectivity index (χ1n) is 7.54. The number of sulfonamides is 1. The molecule has 0 spiro atoms. The minimum Gasteiger partial charge on any atom is -0.455 e. The van der Waals surface area contributed by atoms with Gasteiger partial charge in [-0.2, -0.15) is 10.2 Å². The molecule has 3 rings (SSSR count). The zero-order valence-corrected chi connectivity index (χ0v) is 14.6. The van der Waals surface area contributed by atoms with Crippen molar-refractivity contribution in [2.75, 3.05) is 32.1 Å². The van der Waals surface area contributed by atoms with Crippen LogP contribution in [0.25, 0.3) is 11.7 Å². The predicted octanol–water partition coefficient (Wildman–Crippen LogP) is 1.97. The van der Waals surface area contributed by atoms with Crippen molar-refractivity contribution in [2.24, 2.45) is 0 Å². The Kier molecular flexibility index (Phi) is 4.11. The van der Waals surface area contributed by atoms with Gasteiger partial charge in [0, 0.05) is 33.3 Å². The lowest BCUT2D eigenvalue weighted by atomic mass is 10.4.